The van der Waals surface area contributed by atoms with Crippen LogP contribution in [-0.2, 0) is 10.8 Å². The number of allylic oxidation sites excluding steroid dienone is 8. The Morgan fingerprint density at radius 2 is 0.861 bits per heavy atom. The Kier molecular flexibility index (Phi) is 15.9. The van der Waals surface area contributed by atoms with E-state index in [9.17, 15) is 10.5 Å². The first-order valence-electron chi connectivity index (χ1n) is 38.5. The first-order valence-corrected chi connectivity index (χ1v) is 38.5. The number of rotatable bonds is 9. The fourth-order valence-corrected chi connectivity index (χ4v) is 20.1. The summed E-state index contributed by atoms with van der Waals surface area (Å²) in [7, 11) is 0. The molecule has 10 aromatic rings. The monoisotopic (exact) mass is 1320 g/mol. The molecule has 4 heterocycles. The maximum absolute atomic E-state index is 10.5. The van der Waals surface area contributed by atoms with E-state index in [4.69, 9.17) is 0 Å². The quantitative estimate of drug-likeness (QED) is 0.107. The van der Waals surface area contributed by atoms with Gasteiger partial charge in [0.05, 0.1) is 57.4 Å². The van der Waals surface area contributed by atoms with Crippen LogP contribution >= 0.6 is 0 Å². The fourth-order valence-electron chi connectivity index (χ4n) is 20.1. The molecule has 6 unspecified atom stereocenters. The van der Waals surface area contributed by atoms with Crippen molar-refractivity contribution < 1.29 is 0 Å². The molecule has 2 aliphatic heterocycles. The van der Waals surface area contributed by atoms with E-state index in [-0.39, 0.29) is 29.6 Å². The zero-order valence-corrected chi connectivity index (χ0v) is 60.0. The van der Waals surface area contributed by atoms with Crippen molar-refractivity contribution in [2.24, 2.45) is 23.7 Å². The number of benzene rings is 8. The first-order chi connectivity index (χ1) is 49.3. The summed E-state index contributed by atoms with van der Waals surface area (Å²) < 4.78 is 5.05. The van der Waals surface area contributed by atoms with E-state index in [1.54, 1.807) is 22.3 Å². The van der Waals surface area contributed by atoms with Crippen LogP contribution in [0.1, 0.15) is 179 Å². The van der Waals surface area contributed by atoms with Crippen molar-refractivity contribution in [1.82, 2.24) is 9.13 Å². The number of fused-ring (bicyclic) bond motifs is 10. The predicted molar refractivity (Wildman–Crippen MR) is 424 cm³/mol. The van der Waals surface area contributed by atoms with Gasteiger partial charge in [-0.25, -0.2) is 0 Å². The Balaban J connectivity index is 0.970. The molecule has 0 radical (unpaired) electrons. The molecule has 8 aliphatic rings. The van der Waals surface area contributed by atoms with E-state index in [2.05, 4.69) is 261 Å². The Morgan fingerprint density at radius 1 is 0.406 bits per heavy atom. The van der Waals surface area contributed by atoms with E-state index >= 15 is 0 Å². The minimum atomic E-state index is -0.122. The minimum absolute atomic E-state index is 0.0687. The van der Waals surface area contributed by atoms with Crippen LogP contribution in [0, 0.1) is 46.3 Å². The van der Waals surface area contributed by atoms with Crippen LogP contribution in [0.3, 0.4) is 0 Å². The third-order valence-electron chi connectivity index (χ3n) is 25.1. The molecule has 101 heavy (non-hydrogen) atoms. The molecule has 7 heteroatoms. The van der Waals surface area contributed by atoms with E-state index < -0.39 is 0 Å². The lowest BCUT2D eigenvalue weighted by atomic mass is 9.33. The van der Waals surface area contributed by atoms with E-state index in [1.165, 1.54) is 97.8 Å². The molecule has 502 valence electrons. The average molecular weight is 1320 g/mol. The van der Waals surface area contributed by atoms with Gasteiger partial charge >= 0.3 is 0 Å². The SMILES string of the molecule is CC(C)(C)c1ccc2c(c1)c1cc(C#N)ccc1n2-c1ccc2c(c1)N(C1C(C3CC=CCC3)=CCCC1C1=CCCCC1)c1cc(-c3ccccc3)cc3c1B2c1ccc(-n2c4ccc(C#N)cc4c4cc(C(C)(C)C)ccc42)cc1N3C1C(C2CC=CCC2)=CCCC1C1=CCCCC1. The molecule has 0 bridgehead atoms. The van der Waals surface area contributed by atoms with Gasteiger partial charge < -0.3 is 18.9 Å². The molecule has 0 amide bonds. The van der Waals surface area contributed by atoms with E-state index in [0.717, 1.165) is 134 Å². The molecule has 8 aromatic carbocycles. The van der Waals surface area contributed by atoms with Crippen molar-refractivity contribution in [1.29, 1.82) is 10.5 Å². The molecule has 6 atom stereocenters. The standard InChI is InChI=1S/C94H93BN6/c1-93(2,3)68-40-48-84-78(54-68)76-50-60(58-96)38-46-82(76)98(84)70-42-44-80-86(56-70)100(91-72(63-26-14-8-15-27-63)34-22-35-73(91)64-28-16-9-17-29-64)88-52-67(62-24-12-7-13-25-62)53-89-90(88)95(80)81-45-43-71(99-83-47-39-61(59-97)51-77(83)79-55-69(94(4,5)6)41-49-85(79)99)57-87(81)101(89)92-74(65-30-18-10-19-31-65)36-23-37-75(92)66-32-20-11-21-33-66/h7-8,10,12-14,18,24-25,28,32,34,36,38-57,63,65,73,75,91-92H,9,11,15-17,19-23,26-27,29-31,33,35,37H2,1-6H3. The lowest BCUT2D eigenvalue weighted by Gasteiger charge is -2.53. The molecule has 0 spiro atoms. The lowest BCUT2D eigenvalue weighted by Crippen LogP contribution is -2.65. The number of hydrogen-bond acceptors (Lipinski definition) is 4. The molecule has 2 aromatic heterocycles. The van der Waals surface area contributed by atoms with Gasteiger partial charge in [-0.1, -0.05) is 156 Å². The molecule has 0 saturated carbocycles. The van der Waals surface area contributed by atoms with Gasteiger partial charge in [-0.3, -0.25) is 0 Å². The van der Waals surface area contributed by atoms with Crippen molar-refractivity contribution in [2.75, 3.05) is 9.80 Å². The van der Waals surface area contributed by atoms with Gasteiger partial charge in [0.1, 0.15) is 0 Å². The second-order valence-electron chi connectivity index (χ2n) is 33.0. The summed E-state index contributed by atoms with van der Waals surface area (Å²) in [6.45, 7) is 13.7. The van der Waals surface area contributed by atoms with Crippen molar-refractivity contribution in [3.8, 4) is 34.6 Å². The summed E-state index contributed by atoms with van der Waals surface area (Å²) >= 11 is 0. The van der Waals surface area contributed by atoms with Crippen LogP contribution in [0.4, 0.5) is 22.7 Å². The Morgan fingerprint density at radius 3 is 1.28 bits per heavy atom. The number of aromatic nitrogens is 2. The minimum Gasteiger partial charge on any atom is -0.334 e. The van der Waals surface area contributed by atoms with Crippen molar-refractivity contribution >= 4 is 89.5 Å². The Hall–Kier alpha value is -9.56. The predicted octanol–water partition coefficient (Wildman–Crippen LogP) is 22.4. The second kappa shape index (κ2) is 25.2. The van der Waals surface area contributed by atoms with Crippen LogP contribution in [0.15, 0.2) is 223 Å². The number of nitrogens with zero attached hydrogens (tertiary/aromatic N) is 6. The molecule has 0 saturated heterocycles. The van der Waals surface area contributed by atoms with Gasteiger partial charge in [0.2, 0.25) is 0 Å². The van der Waals surface area contributed by atoms with Crippen molar-refractivity contribution in [3.05, 3.63) is 245 Å². The largest absolute Gasteiger partial charge is 0.334 e. The molecule has 6 nitrogen and oxygen atoms in total. The summed E-state index contributed by atoms with van der Waals surface area (Å²) in [5, 5.41) is 25.7. The van der Waals surface area contributed by atoms with Crippen LogP contribution < -0.4 is 26.2 Å². The van der Waals surface area contributed by atoms with E-state index in [0.29, 0.717) is 34.8 Å². The number of hydrogen-bond donors (Lipinski definition) is 0. The summed E-state index contributed by atoms with van der Waals surface area (Å²) in [5.41, 5.74) is 29.1. The van der Waals surface area contributed by atoms with Crippen LogP contribution in [0.25, 0.3) is 66.1 Å². The van der Waals surface area contributed by atoms with Gasteiger partial charge in [-0.2, -0.15) is 10.5 Å². The highest BCUT2D eigenvalue weighted by Crippen LogP contribution is 2.54. The molecule has 0 N–H and O–H groups in total. The number of anilines is 4. The summed E-state index contributed by atoms with van der Waals surface area (Å²) in [5.74, 6) is 1.53. The molecule has 0 fully saturated rings. The summed E-state index contributed by atoms with van der Waals surface area (Å²) in [6, 6.07) is 64.3. The molecule has 6 aliphatic carbocycles. The Labute approximate surface area is 598 Å². The smallest absolute Gasteiger partial charge is 0.252 e. The highest BCUT2D eigenvalue weighted by Gasteiger charge is 2.51. The maximum Gasteiger partial charge on any atom is 0.252 e. The van der Waals surface area contributed by atoms with Crippen molar-refractivity contribution in [2.45, 2.75) is 180 Å². The zero-order chi connectivity index (χ0) is 68.4. The van der Waals surface area contributed by atoms with Crippen LogP contribution in [0.2, 0.25) is 0 Å². The second-order valence-corrected chi connectivity index (χ2v) is 33.0. The fraction of sp³-hybridized carbons (Fsp3) is 0.340. The van der Waals surface area contributed by atoms with Crippen LogP contribution in [-0.4, -0.2) is 27.9 Å². The van der Waals surface area contributed by atoms with Gasteiger partial charge in [0.25, 0.3) is 6.71 Å². The normalized spacial score (nSPS) is 22.1. The Bertz CT molecular complexity index is 5010. The van der Waals surface area contributed by atoms with Gasteiger partial charge in [0, 0.05) is 67.5 Å². The molecular formula is C94H93BN6. The molecular weight excluding hydrogens is 1220 g/mol. The zero-order valence-electron chi connectivity index (χ0n) is 60.0. The highest BCUT2D eigenvalue weighted by atomic mass is 15.2. The molecule has 18 rings (SSSR count). The number of nitriles is 2. The summed E-state index contributed by atoms with van der Waals surface area (Å²) in [6.07, 6.45) is 41.5. The summed E-state index contributed by atoms with van der Waals surface area (Å²) in [4.78, 5) is 6.01. The highest BCUT2D eigenvalue weighted by molar-refractivity contribution is 7.00. The van der Waals surface area contributed by atoms with E-state index in [1.807, 2.05) is 12.1 Å². The third kappa shape index (κ3) is 10.8. The third-order valence-corrected chi connectivity index (χ3v) is 25.1. The van der Waals surface area contributed by atoms with Gasteiger partial charge in [0.15, 0.2) is 0 Å². The maximum atomic E-state index is 10.5. The van der Waals surface area contributed by atoms with Crippen molar-refractivity contribution in [3.63, 3.8) is 0 Å². The van der Waals surface area contributed by atoms with Crippen LogP contribution in [0.5, 0.6) is 0 Å². The first kappa shape index (κ1) is 63.6. The lowest BCUT2D eigenvalue weighted by molar-refractivity contribution is 0.391. The van der Waals surface area contributed by atoms with Gasteiger partial charge in [-0.15, -0.1) is 0 Å². The topological polar surface area (TPSA) is 63.9 Å². The van der Waals surface area contributed by atoms with Gasteiger partial charge in [-0.05, 0) is 285 Å². The average Bonchev–Trinajstić information content (AvgIpc) is 0.979.